The lowest BCUT2D eigenvalue weighted by atomic mass is 9.73. The molecule has 1 aromatic carbocycles. The lowest BCUT2D eigenvalue weighted by molar-refractivity contribution is -0.459. The fourth-order valence-electron chi connectivity index (χ4n) is 5.57. The molecule has 3 saturated heterocycles. The molecule has 5 rings (SSSR count). The number of para-hydroxylation sites is 1. The summed E-state index contributed by atoms with van der Waals surface area (Å²) in [4.78, 5) is 5.62. The van der Waals surface area contributed by atoms with Gasteiger partial charge in [0.25, 0.3) is 0 Å². The molecule has 262 valence electrons. The van der Waals surface area contributed by atoms with Crippen LogP contribution in [0.1, 0.15) is 24.5 Å². The maximum atomic E-state index is 14.4. The van der Waals surface area contributed by atoms with Crippen LogP contribution in [-0.4, -0.2) is 81.8 Å². The van der Waals surface area contributed by atoms with Gasteiger partial charge in [-0.15, -0.1) is 0 Å². The summed E-state index contributed by atoms with van der Waals surface area (Å²) in [5.41, 5.74) is 0.908. The third-order valence-corrected chi connectivity index (χ3v) is 8.30. The average Bonchev–Trinajstić information content (AvgIpc) is 2.98. The SMILES string of the molecule is O[C@H](c1ccnc2ccccc12)[C@@H]1C[C@@H]2CCN1C[C@@H]2C#CC(F)(F)C(F)(F)C(F)(F)C(F)(F)C(F)(F)C(F)(F)C(F)(F)C(F)(F)F. The number of alkyl halides is 17. The van der Waals surface area contributed by atoms with Crippen LogP contribution >= 0.6 is 0 Å². The van der Waals surface area contributed by atoms with Crippen molar-refractivity contribution in [2.45, 2.75) is 72.6 Å². The second-order valence-corrected chi connectivity index (χ2v) is 11.1. The van der Waals surface area contributed by atoms with Gasteiger partial charge in [-0.3, -0.25) is 9.88 Å². The van der Waals surface area contributed by atoms with Gasteiger partial charge in [0.15, 0.2) is 0 Å². The molecule has 1 aromatic heterocycles. The number of rotatable bonds is 8. The number of hydrogen-bond donors (Lipinski definition) is 1. The molecule has 0 saturated carbocycles. The molecule has 47 heavy (non-hydrogen) atoms. The van der Waals surface area contributed by atoms with Crippen LogP contribution in [0.15, 0.2) is 36.5 Å². The molecule has 0 amide bonds. The number of benzene rings is 1. The molecule has 3 aliphatic heterocycles. The lowest BCUT2D eigenvalue weighted by Crippen LogP contribution is -2.74. The summed E-state index contributed by atoms with van der Waals surface area (Å²) < 4.78 is 230. The molecule has 0 aliphatic carbocycles. The zero-order valence-electron chi connectivity index (χ0n) is 22.9. The first kappa shape index (κ1) is 36.8. The van der Waals surface area contributed by atoms with E-state index >= 15 is 0 Å². The molecule has 1 unspecified atom stereocenters. The van der Waals surface area contributed by atoms with E-state index in [0.717, 1.165) is 0 Å². The van der Waals surface area contributed by atoms with Crippen molar-refractivity contribution in [1.82, 2.24) is 9.88 Å². The summed E-state index contributed by atoms with van der Waals surface area (Å²) in [6, 6.07) is 7.39. The number of nitrogens with zero attached hydrogens (tertiary/aromatic N) is 2. The minimum absolute atomic E-state index is 0.0535. The molecule has 20 heteroatoms. The third kappa shape index (κ3) is 5.35. The second-order valence-electron chi connectivity index (χ2n) is 11.1. The van der Waals surface area contributed by atoms with Crippen molar-refractivity contribution >= 4 is 10.9 Å². The van der Waals surface area contributed by atoms with Crippen molar-refractivity contribution in [3.8, 4) is 11.8 Å². The van der Waals surface area contributed by atoms with Crippen LogP contribution in [0.4, 0.5) is 74.6 Å². The number of piperidine rings is 3. The Balaban J connectivity index is 1.58. The first-order chi connectivity index (χ1) is 21.2. The monoisotopic (exact) mass is 710 g/mol. The maximum absolute atomic E-state index is 14.4. The van der Waals surface area contributed by atoms with Crippen molar-refractivity contribution in [3.63, 3.8) is 0 Å². The molecule has 4 heterocycles. The van der Waals surface area contributed by atoms with Crippen molar-refractivity contribution in [1.29, 1.82) is 0 Å². The largest absolute Gasteiger partial charge is 0.460 e. The first-order valence-electron chi connectivity index (χ1n) is 13.2. The normalized spacial score (nSPS) is 24.2. The standard InChI is InChI=1S/C27H19F17N2O/c28-20(29,21(30,31)22(32,33)23(34,35)24(36,37)25(38,39)26(40,41)27(42,43)44)8-5-14-12-46-10-7-13(14)11-18(46)19(47)16-6-9-45-17-4-2-1-3-15(16)17/h1-4,6,9,13-14,18-19,47H,7,10-12H2/t13-,14-,18-,19+/m0/s1. The summed E-state index contributed by atoms with van der Waals surface area (Å²) in [7, 11) is 0. The van der Waals surface area contributed by atoms with Gasteiger partial charge < -0.3 is 5.11 Å². The van der Waals surface area contributed by atoms with Crippen LogP contribution < -0.4 is 0 Å². The van der Waals surface area contributed by atoms with E-state index < -0.39 is 71.6 Å². The Bertz CT molecular complexity index is 1540. The van der Waals surface area contributed by atoms with Crippen LogP contribution in [0, 0.1) is 23.7 Å². The number of pyridine rings is 1. The molecule has 3 nitrogen and oxygen atoms in total. The highest BCUT2D eigenvalue weighted by Crippen LogP contribution is 2.64. The van der Waals surface area contributed by atoms with Crippen molar-refractivity contribution in [2.24, 2.45) is 11.8 Å². The quantitative estimate of drug-likeness (QED) is 0.223. The predicted molar refractivity (Wildman–Crippen MR) is 127 cm³/mol. The molecule has 3 fully saturated rings. The van der Waals surface area contributed by atoms with E-state index in [9.17, 15) is 79.7 Å². The fourth-order valence-corrected chi connectivity index (χ4v) is 5.57. The Hall–Kier alpha value is -3.08. The highest BCUT2D eigenvalue weighted by molar-refractivity contribution is 5.82. The Morgan fingerprint density at radius 1 is 0.723 bits per heavy atom. The van der Waals surface area contributed by atoms with Crippen LogP contribution in [0.2, 0.25) is 0 Å². The summed E-state index contributed by atoms with van der Waals surface area (Å²) >= 11 is 0. The number of aromatic nitrogens is 1. The summed E-state index contributed by atoms with van der Waals surface area (Å²) in [6.07, 6.45) is -7.57. The minimum Gasteiger partial charge on any atom is -0.387 e. The highest BCUT2D eigenvalue weighted by Gasteiger charge is 2.95. The van der Waals surface area contributed by atoms with Gasteiger partial charge in [-0.1, -0.05) is 24.1 Å². The van der Waals surface area contributed by atoms with Crippen LogP contribution in [0.3, 0.4) is 0 Å². The molecule has 2 aromatic rings. The smallest absolute Gasteiger partial charge is 0.387 e. The average molecular weight is 710 g/mol. The number of aliphatic hydroxyl groups is 1. The Kier molecular flexibility index (Phi) is 8.79. The Morgan fingerprint density at radius 2 is 1.26 bits per heavy atom. The molecular formula is C27H19F17N2O. The third-order valence-electron chi connectivity index (χ3n) is 8.30. The van der Waals surface area contributed by atoms with E-state index in [1.807, 2.05) is 0 Å². The summed E-state index contributed by atoms with van der Waals surface area (Å²) in [5, 5.41) is 11.6. The van der Waals surface area contributed by atoms with Crippen molar-refractivity contribution < 1.29 is 79.7 Å². The summed E-state index contributed by atoms with van der Waals surface area (Å²) in [6.45, 7) is -0.191. The van der Waals surface area contributed by atoms with Gasteiger partial charge in [0, 0.05) is 30.1 Å². The van der Waals surface area contributed by atoms with Gasteiger partial charge >= 0.3 is 47.6 Å². The van der Waals surface area contributed by atoms with Crippen molar-refractivity contribution in [2.75, 3.05) is 13.1 Å². The Morgan fingerprint density at radius 3 is 1.79 bits per heavy atom. The molecule has 2 bridgehead atoms. The predicted octanol–water partition coefficient (Wildman–Crippen LogP) is 7.99. The molecule has 0 spiro atoms. The molecule has 5 atom stereocenters. The van der Waals surface area contributed by atoms with E-state index in [-0.39, 0.29) is 31.9 Å². The van der Waals surface area contributed by atoms with Crippen LogP contribution in [-0.2, 0) is 0 Å². The molecule has 0 radical (unpaired) electrons. The van der Waals surface area contributed by atoms with E-state index in [2.05, 4.69) is 4.98 Å². The molecule has 1 N–H and O–H groups in total. The number of aliphatic hydroxyl groups excluding tert-OH is 1. The highest BCUT2D eigenvalue weighted by atomic mass is 19.4. The van der Waals surface area contributed by atoms with Gasteiger partial charge in [0.2, 0.25) is 0 Å². The van der Waals surface area contributed by atoms with E-state index in [4.69, 9.17) is 0 Å². The van der Waals surface area contributed by atoms with Gasteiger partial charge in [0.05, 0.1) is 11.6 Å². The zero-order valence-corrected chi connectivity index (χ0v) is 22.9. The Labute approximate surface area is 252 Å². The van der Waals surface area contributed by atoms with E-state index in [1.165, 1.54) is 23.1 Å². The van der Waals surface area contributed by atoms with Crippen molar-refractivity contribution in [3.05, 3.63) is 42.1 Å². The number of hydrogen-bond acceptors (Lipinski definition) is 3. The van der Waals surface area contributed by atoms with Gasteiger partial charge in [-0.25, -0.2) is 0 Å². The van der Waals surface area contributed by atoms with Gasteiger partial charge in [-0.2, -0.15) is 74.6 Å². The fraction of sp³-hybridized carbons (Fsp3) is 0.593. The zero-order chi connectivity index (χ0) is 35.8. The number of halogens is 17. The maximum Gasteiger partial charge on any atom is 0.460 e. The first-order valence-corrected chi connectivity index (χ1v) is 13.2. The van der Waals surface area contributed by atoms with Crippen LogP contribution in [0.5, 0.6) is 0 Å². The van der Waals surface area contributed by atoms with E-state index in [0.29, 0.717) is 16.5 Å². The summed E-state index contributed by atoms with van der Waals surface area (Å²) in [5.74, 6) is -57.5. The number of fused-ring (bicyclic) bond motifs is 4. The van der Waals surface area contributed by atoms with Gasteiger partial charge in [0.1, 0.15) is 0 Å². The van der Waals surface area contributed by atoms with Gasteiger partial charge in [-0.05, 0) is 48.9 Å². The topological polar surface area (TPSA) is 36.4 Å². The lowest BCUT2D eigenvalue weighted by Gasteiger charge is -2.50. The minimum atomic E-state index is -8.68. The second kappa shape index (κ2) is 11.2. The van der Waals surface area contributed by atoms with E-state index in [1.54, 1.807) is 24.3 Å². The molecule has 3 aliphatic rings. The molecular weight excluding hydrogens is 691 g/mol. The van der Waals surface area contributed by atoms with Crippen LogP contribution in [0.25, 0.3) is 10.9 Å².